The Kier molecular flexibility index (Phi) is 5.16. The van der Waals surface area contributed by atoms with Gasteiger partial charge in [-0.25, -0.2) is 9.66 Å². The van der Waals surface area contributed by atoms with Crippen LogP contribution >= 0.6 is 11.8 Å². The minimum atomic E-state index is -0.214. The normalized spacial score (nSPS) is 11.0. The summed E-state index contributed by atoms with van der Waals surface area (Å²) in [7, 11) is 0. The predicted molar refractivity (Wildman–Crippen MR) is 119 cm³/mol. The zero-order valence-electron chi connectivity index (χ0n) is 16.3. The number of nitrogens with zero attached hydrogens (tertiary/aromatic N) is 6. The lowest BCUT2D eigenvalue weighted by Gasteiger charge is -2.11. The van der Waals surface area contributed by atoms with Crippen molar-refractivity contribution in [2.75, 3.05) is 5.43 Å². The summed E-state index contributed by atoms with van der Waals surface area (Å²) in [5.74, 6) is 1.00. The standard InChI is InChI=1S/C22H17N7OS/c30-22(25-28-15-23-18-11-5-6-12-19(18)28)17-10-4-7-13-20(17)31-14-21-24-26-27-29(21)16-8-2-1-3-9-16/h1-13,15H,14H2,(H,25,30). The third-order valence-electron chi connectivity index (χ3n) is 4.70. The maximum atomic E-state index is 13.0. The molecule has 3 aromatic carbocycles. The van der Waals surface area contributed by atoms with Crippen LogP contribution in [0.15, 0.2) is 90.1 Å². The molecular formula is C22H17N7OS. The lowest BCUT2D eigenvalue weighted by Crippen LogP contribution is -2.22. The monoisotopic (exact) mass is 427 g/mol. The van der Waals surface area contributed by atoms with Crippen LogP contribution in [0.25, 0.3) is 16.7 Å². The number of nitrogens with one attached hydrogen (secondary N) is 1. The number of benzene rings is 3. The first-order chi connectivity index (χ1) is 15.3. The molecular weight excluding hydrogens is 410 g/mol. The van der Waals surface area contributed by atoms with Crippen LogP contribution in [0.4, 0.5) is 0 Å². The van der Waals surface area contributed by atoms with Gasteiger partial charge in [-0.2, -0.15) is 4.68 Å². The molecule has 0 radical (unpaired) electrons. The summed E-state index contributed by atoms with van der Waals surface area (Å²) in [5.41, 5.74) is 6.03. The summed E-state index contributed by atoms with van der Waals surface area (Å²) in [5, 5.41) is 12.0. The van der Waals surface area contributed by atoms with E-state index in [4.69, 9.17) is 0 Å². The second kappa shape index (κ2) is 8.41. The summed E-state index contributed by atoms with van der Waals surface area (Å²) >= 11 is 1.51. The number of aromatic nitrogens is 6. The molecule has 31 heavy (non-hydrogen) atoms. The molecule has 0 bridgehead atoms. The first-order valence-corrected chi connectivity index (χ1v) is 10.6. The molecule has 152 valence electrons. The second-order valence-corrected chi connectivity index (χ2v) is 7.69. The molecule has 0 aliphatic heterocycles. The highest BCUT2D eigenvalue weighted by atomic mass is 32.2. The fourth-order valence-electron chi connectivity index (χ4n) is 3.21. The zero-order chi connectivity index (χ0) is 21.0. The predicted octanol–water partition coefficient (Wildman–Crippen LogP) is 3.69. The number of rotatable bonds is 6. The van der Waals surface area contributed by atoms with E-state index in [1.165, 1.54) is 11.8 Å². The van der Waals surface area contributed by atoms with Gasteiger partial charge < -0.3 is 0 Å². The Balaban J connectivity index is 1.36. The fourth-order valence-corrected chi connectivity index (χ4v) is 4.16. The van der Waals surface area contributed by atoms with Gasteiger partial charge >= 0.3 is 0 Å². The summed E-state index contributed by atoms with van der Waals surface area (Å²) in [6, 6.07) is 24.8. The molecule has 5 rings (SSSR count). The van der Waals surface area contributed by atoms with E-state index in [2.05, 4.69) is 25.9 Å². The largest absolute Gasteiger partial charge is 0.271 e. The van der Waals surface area contributed by atoms with E-state index >= 15 is 0 Å². The highest BCUT2D eigenvalue weighted by molar-refractivity contribution is 7.98. The third-order valence-corrected chi connectivity index (χ3v) is 5.77. The number of fused-ring (bicyclic) bond motifs is 1. The Labute approximate surface area is 181 Å². The number of carbonyl (C=O) groups is 1. The molecule has 2 heterocycles. The molecule has 9 heteroatoms. The SMILES string of the molecule is O=C(Nn1cnc2ccccc21)c1ccccc1SCc1nnnn1-c1ccccc1. The van der Waals surface area contributed by atoms with Crippen molar-refractivity contribution < 1.29 is 4.79 Å². The lowest BCUT2D eigenvalue weighted by molar-refractivity contribution is 0.101. The molecule has 0 atom stereocenters. The van der Waals surface area contributed by atoms with Crippen molar-refractivity contribution in [3.63, 3.8) is 0 Å². The second-order valence-electron chi connectivity index (χ2n) is 6.67. The highest BCUT2D eigenvalue weighted by Gasteiger charge is 2.15. The minimum absolute atomic E-state index is 0.214. The molecule has 5 aromatic rings. The average Bonchev–Trinajstić information content (AvgIpc) is 3.46. The Hall–Kier alpha value is -3.98. The topological polar surface area (TPSA) is 90.5 Å². The summed E-state index contributed by atoms with van der Waals surface area (Å²) in [6.07, 6.45) is 1.60. The molecule has 8 nitrogen and oxygen atoms in total. The number of carbonyl (C=O) groups excluding carboxylic acids is 1. The van der Waals surface area contributed by atoms with Gasteiger partial charge in [0.05, 0.1) is 28.0 Å². The van der Waals surface area contributed by atoms with Crippen LogP contribution in [0, 0.1) is 0 Å². The first-order valence-electron chi connectivity index (χ1n) is 9.57. The van der Waals surface area contributed by atoms with Gasteiger partial charge in [0.25, 0.3) is 5.91 Å². The number of imidazole rings is 1. The summed E-state index contributed by atoms with van der Waals surface area (Å²) < 4.78 is 3.34. The Bertz CT molecular complexity index is 1350. The van der Waals surface area contributed by atoms with Crippen LogP contribution in [-0.4, -0.2) is 35.8 Å². The first kappa shape index (κ1) is 19.0. The molecule has 0 aliphatic carbocycles. The Morgan fingerprint density at radius 3 is 2.61 bits per heavy atom. The van der Waals surface area contributed by atoms with Crippen LogP contribution < -0.4 is 5.43 Å². The van der Waals surface area contributed by atoms with E-state index < -0.39 is 0 Å². The Morgan fingerprint density at radius 2 is 1.71 bits per heavy atom. The van der Waals surface area contributed by atoms with Crippen molar-refractivity contribution in [3.05, 3.63) is 96.6 Å². The van der Waals surface area contributed by atoms with E-state index in [1.54, 1.807) is 21.8 Å². The molecule has 1 amide bonds. The van der Waals surface area contributed by atoms with Gasteiger partial charge in [-0.3, -0.25) is 10.2 Å². The molecule has 0 unspecified atom stereocenters. The maximum absolute atomic E-state index is 13.0. The average molecular weight is 427 g/mol. The third kappa shape index (κ3) is 3.90. The van der Waals surface area contributed by atoms with Crippen LogP contribution in [0.5, 0.6) is 0 Å². The number of para-hydroxylation sites is 3. The molecule has 0 spiro atoms. The molecule has 0 aliphatic rings. The number of amides is 1. The van der Waals surface area contributed by atoms with Gasteiger partial charge in [0.15, 0.2) is 5.82 Å². The molecule has 0 saturated heterocycles. The van der Waals surface area contributed by atoms with Crippen molar-refractivity contribution in [1.82, 2.24) is 29.9 Å². The number of tetrazole rings is 1. The molecule has 0 saturated carbocycles. The van der Waals surface area contributed by atoms with Gasteiger partial charge in [-0.1, -0.05) is 42.5 Å². The van der Waals surface area contributed by atoms with Gasteiger partial charge in [0.2, 0.25) is 0 Å². The smallest absolute Gasteiger partial charge is 0.267 e. The van der Waals surface area contributed by atoms with Gasteiger partial charge in [-0.15, -0.1) is 16.9 Å². The number of hydrogen-bond acceptors (Lipinski definition) is 6. The van der Waals surface area contributed by atoms with Gasteiger partial charge in [0.1, 0.15) is 6.33 Å². The molecule has 2 aromatic heterocycles. The summed E-state index contributed by atoms with van der Waals surface area (Å²) in [6.45, 7) is 0. The summed E-state index contributed by atoms with van der Waals surface area (Å²) in [4.78, 5) is 18.2. The van der Waals surface area contributed by atoms with Crippen molar-refractivity contribution in [3.8, 4) is 5.69 Å². The van der Waals surface area contributed by atoms with Gasteiger partial charge in [-0.05, 0) is 46.8 Å². The van der Waals surface area contributed by atoms with E-state index in [-0.39, 0.29) is 5.91 Å². The molecule has 1 N–H and O–H groups in total. The van der Waals surface area contributed by atoms with Crippen molar-refractivity contribution in [1.29, 1.82) is 0 Å². The minimum Gasteiger partial charge on any atom is -0.267 e. The fraction of sp³-hybridized carbons (Fsp3) is 0.0455. The van der Waals surface area contributed by atoms with Crippen LogP contribution in [0.2, 0.25) is 0 Å². The van der Waals surface area contributed by atoms with E-state index in [9.17, 15) is 4.79 Å². The lowest BCUT2D eigenvalue weighted by atomic mass is 10.2. The van der Waals surface area contributed by atoms with Crippen LogP contribution in [0.1, 0.15) is 16.2 Å². The van der Waals surface area contributed by atoms with Crippen molar-refractivity contribution >= 4 is 28.7 Å². The van der Waals surface area contributed by atoms with Crippen molar-refractivity contribution in [2.45, 2.75) is 10.6 Å². The van der Waals surface area contributed by atoms with Crippen molar-refractivity contribution in [2.24, 2.45) is 0 Å². The highest BCUT2D eigenvalue weighted by Crippen LogP contribution is 2.26. The quantitative estimate of drug-likeness (QED) is 0.416. The van der Waals surface area contributed by atoms with E-state index in [0.29, 0.717) is 17.1 Å². The van der Waals surface area contributed by atoms with Gasteiger partial charge in [0, 0.05) is 4.90 Å². The van der Waals surface area contributed by atoms with E-state index in [0.717, 1.165) is 21.6 Å². The van der Waals surface area contributed by atoms with E-state index in [1.807, 2.05) is 72.8 Å². The maximum Gasteiger partial charge on any atom is 0.271 e. The van der Waals surface area contributed by atoms with Crippen LogP contribution in [-0.2, 0) is 5.75 Å². The zero-order valence-corrected chi connectivity index (χ0v) is 17.1. The Morgan fingerprint density at radius 1 is 0.935 bits per heavy atom. The number of hydrogen-bond donors (Lipinski definition) is 1. The van der Waals surface area contributed by atoms with Crippen LogP contribution in [0.3, 0.4) is 0 Å². The molecule has 0 fully saturated rings. The number of thioether (sulfide) groups is 1.